The van der Waals surface area contributed by atoms with Gasteiger partial charge in [-0.05, 0) is 39.5 Å². The molecule has 0 spiro atoms. The average Bonchev–Trinajstić information content (AvgIpc) is 3.09. The maximum Gasteiger partial charge on any atom is 0.184 e. The lowest BCUT2D eigenvalue weighted by Crippen LogP contribution is -2.00. The molecule has 0 aliphatic rings. The first-order valence-corrected chi connectivity index (χ1v) is 8.76. The molecule has 0 amide bonds. The Bertz CT molecular complexity index is 797. The van der Waals surface area contributed by atoms with Crippen LogP contribution in [0.15, 0.2) is 39.3 Å². The van der Waals surface area contributed by atoms with Gasteiger partial charge in [0.15, 0.2) is 10.9 Å². The highest BCUT2D eigenvalue weighted by molar-refractivity contribution is 9.10. The average molecular weight is 383 g/mol. The fraction of sp³-hybridized carbons (Fsp3) is 0.143. The summed E-state index contributed by atoms with van der Waals surface area (Å²) in [5.41, 5.74) is 1.77. The summed E-state index contributed by atoms with van der Waals surface area (Å²) in [5.74, 6) is 1.23. The lowest BCUT2D eigenvalue weighted by atomic mass is 10.3. The van der Waals surface area contributed by atoms with Gasteiger partial charge in [-0.3, -0.25) is 4.79 Å². The number of nitrogens with one attached hydrogen (secondary N) is 1. The fourth-order valence-electron chi connectivity index (χ4n) is 1.85. The zero-order valence-corrected chi connectivity index (χ0v) is 14.3. The Hall–Kier alpha value is -1.31. The fourth-order valence-corrected chi connectivity index (χ4v) is 4.23. The summed E-state index contributed by atoms with van der Waals surface area (Å²) < 4.78 is 6.03. The van der Waals surface area contributed by atoms with E-state index >= 15 is 0 Å². The quantitative estimate of drug-likeness (QED) is 0.525. The third kappa shape index (κ3) is 3.14. The molecule has 0 atom stereocenters. The van der Waals surface area contributed by atoms with Gasteiger partial charge in [-0.2, -0.15) is 0 Å². The Morgan fingerprint density at radius 2 is 2.33 bits per heavy atom. The number of ether oxygens (including phenoxy) is 1. The number of nitrogens with zero attached hydrogens (tertiary/aromatic N) is 1. The number of thioether (sulfide) groups is 1. The minimum atomic E-state index is 0.0971. The Balaban J connectivity index is 1.73. The van der Waals surface area contributed by atoms with Crippen molar-refractivity contribution >= 4 is 55.8 Å². The SMILES string of the molecule is COc1ccc2nc(SCC(=O)c3sccc3Br)[nH]c2c1. The number of halogens is 1. The Morgan fingerprint density at radius 3 is 3.05 bits per heavy atom. The van der Waals surface area contributed by atoms with Crippen LogP contribution in [0.3, 0.4) is 0 Å². The zero-order chi connectivity index (χ0) is 14.8. The molecule has 3 aromatic rings. The molecule has 0 fully saturated rings. The summed E-state index contributed by atoms with van der Waals surface area (Å²) in [6.45, 7) is 0. The molecule has 1 N–H and O–H groups in total. The minimum absolute atomic E-state index is 0.0971. The number of thiophene rings is 1. The lowest BCUT2D eigenvalue weighted by molar-refractivity contribution is 0.102. The maximum atomic E-state index is 12.1. The van der Waals surface area contributed by atoms with E-state index in [4.69, 9.17) is 4.74 Å². The van der Waals surface area contributed by atoms with E-state index in [0.717, 1.165) is 31.3 Å². The smallest absolute Gasteiger partial charge is 0.184 e. The van der Waals surface area contributed by atoms with Gasteiger partial charge in [-0.1, -0.05) is 11.8 Å². The summed E-state index contributed by atoms with van der Waals surface area (Å²) in [6, 6.07) is 7.54. The largest absolute Gasteiger partial charge is 0.497 e. The predicted octanol–water partition coefficient (Wildman–Crippen LogP) is 4.37. The molecule has 0 aliphatic heterocycles. The van der Waals surface area contributed by atoms with Crippen LogP contribution < -0.4 is 4.74 Å². The van der Waals surface area contributed by atoms with Crippen molar-refractivity contribution in [2.24, 2.45) is 0 Å². The van der Waals surface area contributed by atoms with E-state index in [1.165, 1.54) is 23.1 Å². The van der Waals surface area contributed by atoms with Crippen LogP contribution in [-0.4, -0.2) is 28.6 Å². The molecule has 1 aromatic carbocycles. The van der Waals surface area contributed by atoms with Gasteiger partial charge < -0.3 is 9.72 Å². The van der Waals surface area contributed by atoms with Crippen LogP contribution in [0, 0.1) is 0 Å². The number of Topliss-reactive ketones (excluding diaryl/α,β-unsaturated/α-hetero) is 1. The van der Waals surface area contributed by atoms with Gasteiger partial charge in [0.25, 0.3) is 0 Å². The van der Waals surface area contributed by atoms with E-state index in [1.807, 2.05) is 29.6 Å². The standard InChI is InChI=1S/C14H11BrN2O2S2/c1-19-8-2-3-10-11(6-8)17-14(16-10)21-7-12(18)13-9(15)4-5-20-13/h2-6H,7H2,1H3,(H,16,17). The molecule has 108 valence electrons. The van der Waals surface area contributed by atoms with E-state index in [9.17, 15) is 4.79 Å². The van der Waals surface area contributed by atoms with Gasteiger partial charge in [0.1, 0.15) is 5.75 Å². The topological polar surface area (TPSA) is 55.0 Å². The van der Waals surface area contributed by atoms with Gasteiger partial charge in [-0.15, -0.1) is 11.3 Å². The summed E-state index contributed by atoms with van der Waals surface area (Å²) in [6.07, 6.45) is 0. The second kappa shape index (κ2) is 6.21. The molecule has 0 unspecified atom stereocenters. The number of fused-ring (bicyclic) bond motifs is 1. The molecular weight excluding hydrogens is 372 g/mol. The summed E-state index contributed by atoms with van der Waals surface area (Å²) in [4.78, 5) is 20.5. The van der Waals surface area contributed by atoms with Crippen molar-refractivity contribution in [3.05, 3.63) is 39.0 Å². The van der Waals surface area contributed by atoms with Crippen molar-refractivity contribution in [1.82, 2.24) is 9.97 Å². The highest BCUT2D eigenvalue weighted by atomic mass is 79.9. The molecule has 2 heterocycles. The number of H-pyrrole nitrogens is 1. The molecule has 0 saturated carbocycles. The highest BCUT2D eigenvalue weighted by Crippen LogP contribution is 2.27. The van der Waals surface area contributed by atoms with Crippen molar-refractivity contribution in [2.45, 2.75) is 5.16 Å². The zero-order valence-electron chi connectivity index (χ0n) is 11.1. The van der Waals surface area contributed by atoms with Gasteiger partial charge in [0.2, 0.25) is 0 Å². The van der Waals surface area contributed by atoms with E-state index in [1.54, 1.807) is 7.11 Å². The van der Waals surface area contributed by atoms with Gasteiger partial charge in [-0.25, -0.2) is 4.98 Å². The van der Waals surface area contributed by atoms with Gasteiger partial charge in [0, 0.05) is 10.5 Å². The number of imidazole rings is 1. The number of carbonyl (C=O) groups excluding carboxylic acids is 1. The molecule has 3 rings (SSSR count). The van der Waals surface area contributed by atoms with Crippen molar-refractivity contribution < 1.29 is 9.53 Å². The molecule has 0 radical (unpaired) electrons. The first kappa shape index (κ1) is 14.6. The Kier molecular flexibility index (Phi) is 4.32. The Morgan fingerprint density at radius 1 is 1.48 bits per heavy atom. The number of rotatable bonds is 5. The maximum absolute atomic E-state index is 12.1. The minimum Gasteiger partial charge on any atom is -0.497 e. The van der Waals surface area contributed by atoms with E-state index in [-0.39, 0.29) is 5.78 Å². The summed E-state index contributed by atoms with van der Waals surface area (Å²) >= 11 is 6.23. The predicted molar refractivity (Wildman–Crippen MR) is 89.7 cm³/mol. The van der Waals surface area contributed by atoms with Crippen molar-refractivity contribution in [2.75, 3.05) is 12.9 Å². The number of aromatic nitrogens is 2. The monoisotopic (exact) mass is 382 g/mol. The molecule has 7 heteroatoms. The number of ketones is 1. The van der Waals surface area contributed by atoms with E-state index < -0.39 is 0 Å². The van der Waals surface area contributed by atoms with Crippen LogP contribution >= 0.6 is 39.0 Å². The van der Waals surface area contributed by atoms with Gasteiger partial charge >= 0.3 is 0 Å². The number of hydrogen-bond donors (Lipinski definition) is 1. The third-order valence-corrected chi connectivity index (χ3v) is 5.63. The van der Waals surface area contributed by atoms with Crippen LogP contribution in [0.5, 0.6) is 5.75 Å². The molecule has 0 aliphatic carbocycles. The summed E-state index contributed by atoms with van der Waals surface area (Å²) in [5, 5.41) is 2.63. The van der Waals surface area contributed by atoms with Crippen LogP contribution in [0.2, 0.25) is 0 Å². The number of hydrogen-bond acceptors (Lipinski definition) is 5. The molecular formula is C14H11BrN2O2S2. The molecule has 2 aromatic heterocycles. The number of benzene rings is 1. The normalized spacial score (nSPS) is 11.0. The third-order valence-electron chi connectivity index (χ3n) is 2.88. The van der Waals surface area contributed by atoms with Crippen LogP contribution in [0.1, 0.15) is 9.67 Å². The molecule has 4 nitrogen and oxygen atoms in total. The van der Waals surface area contributed by atoms with Gasteiger partial charge in [0.05, 0.1) is 28.8 Å². The van der Waals surface area contributed by atoms with E-state index in [0.29, 0.717) is 5.75 Å². The lowest BCUT2D eigenvalue weighted by Gasteiger charge is -1.97. The first-order chi connectivity index (χ1) is 10.2. The number of aromatic amines is 1. The van der Waals surface area contributed by atoms with Crippen LogP contribution in [0.4, 0.5) is 0 Å². The second-order valence-corrected chi connectivity index (χ2v) is 6.97. The number of carbonyl (C=O) groups is 1. The Labute approximate surface area is 138 Å². The van der Waals surface area contributed by atoms with Crippen molar-refractivity contribution in [1.29, 1.82) is 0 Å². The molecule has 0 bridgehead atoms. The molecule has 21 heavy (non-hydrogen) atoms. The molecule has 0 saturated heterocycles. The van der Waals surface area contributed by atoms with Crippen LogP contribution in [0.25, 0.3) is 11.0 Å². The van der Waals surface area contributed by atoms with Crippen LogP contribution in [-0.2, 0) is 0 Å². The number of methoxy groups -OCH3 is 1. The second-order valence-electron chi connectivity index (χ2n) is 4.23. The highest BCUT2D eigenvalue weighted by Gasteiger charge is 2.13. The first-order valence-electron chi connectivity index (χ1n) is 6.10. The van der Waals surface area contributed by atoms with E-state index in [2.05, 4.69) is 25.9 Å². The summed E-state index contributed by atoms with van der Waals surface area (Å²) in [7, 11) is 1.63. The van der Waals surface area contributed by atoms with Crippen molar-refractivity contribution in [3.63, 3.8) is 0 Å². The van der Waals surface area contributed by atoms with Crippen molar-refractivity contribution in [3.8, 4) is 5.75 Å².